The summed E-state index contributed by atoms with van der Waals surface area (Å²) in [6.45, 7) is 5.30. The topological polar surface area (TPSA) is 84.2 Å². The fourth-order valence-electron chi connectivity index (χ4n) is 1.30. The Kier molecular flexibility index (Phi) is 3.77. The van der Waals surface area contributed by atoms with Crippen molar-refractivity contribution in [2.45, 2.75) is 26.8 Å². The van der Waals surface area contributed by atoms with Gasteiger partial charge in [0.25, 0.3) is 10.2 Å². The molecule has 0 radical (unpaired) electrons. The molecule has 0 bridgehead atoms. The third kappa shape index (κ3) is 3.39. The highest BCUT2D eigenvalue weighted by Crippen LogP contribution is 2.23. The van der Waals surface area contributed by atoms with Gasteiger partial charge in [0.2, 0.25) is 0 Å². The van der Waals surface area contributed by atoms with E-state index in [0.29, 0.717) is 11.4 Å². The number of nitrogens with one attached hydrogen (secondary N) is 2. The summed E-state index contributed by atoms with van der Waals surface area (Å²) in [5.74, 6) is 0. The highest BCUT2D eigenvalue weighted by atomic mass is 32.2. The fraction of sp³-hybridized carbons (Fsp3) is 0.400. The average molecular weight is 243 g/mol. The molecule has 0 aliphatic carbocycles. The molecule has 1 aromatic carbocycles. The molecule has 0 spiro atoms. The van der Waals surface area contributed by atoms with Crippen molar-refractivity contribution in [2.24, 2.45) is 0 Å². The smallest absolute Gasteiger partial charge is 0.299 e. The van der Waals surface area contributed by atoms with Gasteiger partial charge >= 0.3 is 0 Å². The maximum Gasteiger partial charge on any atom is 0.299 e. The lowest BCUT2D eigenvalue weighted by molar-refractivity contribution is 0.575. The fourth-order valence-corrected chi connectivity index (χ4v) is 2.53. The lowest BCUT2D eigenvalue weighted by Gasteiger charge is -2.14. The van der Waals surface area contributed by atoms with Gasteiger partial charge in [0.15, 0.2) is 0 Å². The predicted molar refractivity (Wildman–Crippen MR) is 66.4 cm³/mol. The summed E-state index contributed by atoms with van der Waals surface area (Å²) in [5.41, 5.74) is 7.33. The van der Waals surface area contributed by atoms with E-state index < -0.39 is 10.2 Å². The van der Waals surface area contributed by atoms with Crippen molar-refractivity contribution in [1.82, 2.24) is 4.72 Å². The van der Waals surface area contributed by atoms with Crippen molar-refractivity contribution in [3.05, 3.63) is 23.8 Å². The van der Waals surface area contributed by atoms with E-state index in [4.69, 9.17) is 5.73 Å². The second-order valence-corrected chi connectivity index (χ2v) is 5.36. The lowest BCUT2D eigenvalue weighted by Crippen LogP contribution is -2.35. The van der Waals surface area contributed by atoms with Crippen LogP contribution in [0.15, 0.2) is 18.2 Å². The van der Waals surface area contributed by atoms with Crippen molar-refractivity contribution in [1.29, 1.82) is 0 Å². The van der Waals surface area contributed by atoms with Crippen molar-refractivity contribution < 1.29 is 8.42 Å². The molecule has 0 saturated heterocycles. The first-order valence-electron chi connectivity index (χ1n) is 4.97. The van der Waals surface area contributed by atoms with Gasteiger partial charge in [-0.2, -0.15) is 13.1 Å². The Morgan fingerprint density at radius 1 is 1.31 bits per heavy atom. The number of nitrogen functional groups attached to an aromatic ring is 1. The van der Waals surface area contributed by atoms with Crippen LogP contribution in [-0.4, -0.2) is 14.5 Å². The van der Waals surface area contributed by atoms with Gasteiger partial charge < -0.3 is 5.73 Å². The zero-order valence-electron chi connectivity index (χ0n) is 9.61. The second kappa shape index (κ2) is 4.71. The van der Waals surface area contributed by atoms with Gasteiger partial charge in [-0.15, -0.1) is 0 Å². The molecule has 0 aliphatic heterocycles. The third-order valence-electron chi connectivity index (χ3n) is 1.93. The van der Waals surface area contributed by atoms with Crippen LogP contribution >= 0.6 is 0 Å². The van der Waals surface area contributed by atoms with E-state index >= 15 is 0 Å². The molecule has 0 saturated carbocycles. The molecule has 4 N–H and O–H groups in total. The SMILES string of the molecule is Cc1cccc(N)c1NS(=O)(=O)NC(C)C. The lowest BCUT2D eigenvalue weighted by atomic mass is 10.2. The van der Waals surface area contributed by atoms with Crippen LogP contribution in [0, 0.1) is 6.92 Å². The van der Waals surface area contributed by atoms with Crippen molar-refractivity contribution in [3.8, 4) is 0 Å². The number of aryl methyl sites for hydroxylation is 1. The summed E-state index contributed by atoms with van der Waals surface area (Å²) in [6, 6.07) is 5.06. The van der Waals surface area contributed by atoms with E-state index in [0.717, 1.165) is 5.56 Å². The number of hydrogen-bond acceptors (Lipinski definition) is 3. The van der Waals surface area contributed by atoms with Gasteiger partial charge in [-0.1, -0.05) is 12.1 Å². The zero-order valence-corrected chi connectivity index (χ0v) is 10.4. The van der Waals surface area contributed by atoms with Gasteiger partial charge in [0, 0.05) is 6.04 Å². The van der Waals surface area contributed by atoms with E-state index in [1.54, 1.807) is 39.0 Å². The monoisotopic (exact) mass is 243 g/mol. The summed E-state index contributed by atoms with van der Waals surface area (Å²) in [7, 11) is -3.56. The van der Waals surface area contributed by atoms with E-state index in [2.05, 4.69) is 9.44 Å². The second-order valence-electron chi connectivity index (χ2n) is 3.92. The quantitative estimate of drug-likeness (QED) is 0.695. The molecule has 0 unspecified atom stereocenters. The zero-order chi connectivity index (χ0) is 12.3. The van der Waals surface area contributed by atoms with E-state index in [-0.39, 0.29) is 6.04 Å². The summed E-state index contributed by atoms with van der Waals surface area (Å²) in [4.78, 5) is 0. The summed E-state index contributed by atoms with van der Waals surface area (Å²) in [6.07, 6.45) is 0. The van der Waals surface area contributed by atoms with Crippen LogP contribution in [-0.2, 0) is 10.2 Å². The van der Waals surface area contributed by atoms with Crippen LogP contribution in [0.25, 0.3) is 0 Å². The molecule has 0 atom stereocenters. The molecule has 0 amide bonds. The van der Waals surface area contributed by atoms with Crippen molar-refractivity contribution in [3.63, 3.8) is 0 Å². The first-order chi connectivity index (χ1) is 7.32. The minimum Gasteiger partial charge on any atom is -0.397 e. The maximum atomic E-state index is 11.6. The minimum absolute atomic E-state index is 0.164. The number of hydrogen-bond donors (Lipinski definition) is 3. The number of nitrogens with two attached hydrogens (primary N) is 1. The Labute approximate surface area is 96.2 Å². The van der Waals surface area contributed by atoms with Crippen LogP contribution in [0.3, 0.4) is 0 Å². The molecule has 5 nitrogen and oxygen atoms in total. The minimum atomic E-state index is -3.56. The Hall–Kier alpha value is -1.27. The van der Waals surface area contributed by atoms with E-state index in [1.165, 1.54) is 0 Å². The van der Waals surface area contributed by atoms with Crippen LogP contribution in [0.1, 0.15) is 19.4 Å². The first kappa shape index (κ1) is 12.8. The summed E-state index contributed by atoms with van der Waals surface area (Å²) >= 11 is 0. The molecule has 6 heteroatoms. The van der Waals surface area contributed by atoms with Crippen molar-refractivity contribution >= 4 is 21.6 Å². The Balaban J connectivity index is 2.97. The molecule has 0 aliphatic rings. The molecule has 16 heavy (non-hydrogen) atoms. The Morgan fingerprint density at radius 2 is 1.94 bits per heavy atom. The molecule has 90 valence electrons. The molecule has 1 aromatic rings. The van der Waals surface area contributed by atoms with Crippen LogP contribution in [0.4, 0.5) is 11.4 Å². The average Bonchev–Trinajstić information content (AvgIpc) is 2.09. The van der Waals surface area contributed by atoms with Gasteiger partial charge in [-0.25, -0.2) is 0 Å². The van der Waals surface area contributed by atoms with Gasteiger partial charge in [-0.05, 0) is 32.4 Å². The Bertz CT molecular complexity index is 449. The number of benzene rings is 1. The predicted octanol–water partition coefficient (Wildman–Crippen LogP) is 1.23. The van der Waals surface area contributed by atoms with E-state index in [1.807, 2.05) is 0 Å². The largest absolute Gasteiger partial charge is 0.397 e. The van der Waals surface area contributed by atoms with Gasteiger partial charge in [0.05, 0.1) is 11.4 Å². The van der Waals surface area contributed by atoms with Gasteiger partial charge in [0.1, 0.15) is 0 Å². The third-order valence-corrected chi connectivity index (χ3v) is 3.19. The molecule has 0 fully saturated rings. The normalized spacial score (nSPS) is 11.8. The highest BCUT2D eigenvalue weighted by molar-refractivity contribution is 7.90. The van der Waals surface area contributed by atoms with Crippen LogP contribution < -0.4 is 15.2 Å². The number of rotatable bonds is 4. The van der Waals surface area contributed by atoms with E-state index in [9.17, 15) is 8.42 Å². The number of para-hydroxylation sites is 1. The van der Waals surface area contributed by atoms with Gasteiger partial charge in [-0.3, -0.25) is 4.72 Å². The highest BCUT2D eigenvalue weighted by Gasteiger charge is 2.14. The Morgan fingerprint density at radius 3 is 2.44 bits per heavy atom. The standard InChI is InChI=1S/C10H17N3O2S/c1-7(2)12-16(14,15)13-10-8(3)5-4-6-9(10)11/h4-7,12-13H,11H2,1-3H3. The molecular weight excluding hydrogens is 226 g/mol. The van der Waals surface area contributed by atoms with Crippen LogP contribution in [0.2, 0.25) is 0 Å². The van der Waals surface area contributed by atoms with Crippen LogP contribution in [0.5, 0.6) is 0 Å². The number of anilines is 2. The maximum absolute atomic E-state index is 11.6. The van der Waals surface area contributed by atoms with Crippen molar-refractivity contribution in [2.75, 3.05) is 10.5 Å². The molecule has 0 aromatic heterocycles. The molecular formula is C10H17N3O2S. The molecule has 0 heterocycles. The molecule has 1 rings (SSSR count). The first-order valence-corrected chi connectivity index (χ1v) is 6.45. The summed E-state index contributed by atoms with van der Waals surface area (Å²) in [5, 5.41) is 0. The summed E-state index contributed by atoms with van der Waals surface area (Å²) < 4.78 is 28.1.